The third-order valence-corrected chi connectivity index (χ3v) is 3.75. The first-order chi connectivity index (χ1) is 12.0. The molecule has 0 radical (unpaired) electrons. The predicted molar refractivity (Wildman–Crippen MR) is 95.9 cm³/mol. The molecule has 5 heteroatoms. The van der Waals surface area contributed by atoms with Gasteiger partial charge in [-0.1, -0.05) is 30.4 Å². The zero-order valence-electron chi connectivity index (χ0n) is 14.3. The number of hydrogen-bond donors (Lipinski definition) is 1. The molecule has 0 aliphatic rings. The van der Waals surface area contributed by atoms with Crippen molar-refractivity contribution in [1.29, 1.82) is 0 Å². The molecule has 1 aromatic heterocycles. The molecule has 0 aliphatic heterocycles. The highest BCUT2D eigenvalue weighted by atomic mass is 19.2. The van der Waals surface area contributed by atoms with Crippen LogP contribution >= 0.6 is 0 Å². The first-order valence-electron chi connectivity index (χ1n) is 8.27. The van der Waals surface area contributed by atoms with Gasteiger partial charge in [0.1, 0.15) is 5.82 Å². The van der Waals surface area contributed by atoms with Crippen molar-refractivity contribution in [1.82, 2.24) is 9.97 Å². The number of aliphatic hydroxyl groups excluding tert-OH is 1. The van der Waals surface area contributed by atoms with E-state index in [0.717, 1.165) is 6.42 Å². The molecule has 0 fully saturated rings. The molecule has 132 valence electrons. The van der Waals surface area contributed by atoms with Gasteiger partial charge in [0, 0.05) is 35.5 Å². The highest BCUT2D eigenvalue weighted by Gasteiger charge is 2.14. The van der Waals surface area contributed by atoms with Gasteiger partial charge in [-0.2, -0.15) is 0 Å². The molecule has 2 rings (SSSR count). The Morgan fingerprint density at radius 1 is 1.20 bits per heavy atom. The maximum Gasteiger partial charge on any atom is 0.167 e. The van der Waals surface area contributed by atoms with Crippen LogP contribution in [0.5, 0.6) is 0 Å². The van der Waals surface area contributed by atoms with Gasteiger partial charge in [0.15, 0.2) is 11.6 Å². The second-order valence-electron chi connectivity index (χ2n) is 5.89. The van der Waals surface area contributed by atoms with Crippen LogP contribution in [-0.2, 0) is 6.42 Å². The Morgan fingerprint density at radius 2 is 1.92 bits per heavy atom. The molecule has 1 N–H and O–H groups in total. The Labute approximate surface area is 146 Å². The van der Waals surface area contributed by atoms with Gasteiger partial charge in [0.05, 0.1) is 6.10 Å². The van der Waals surface area contributed by atoms with Crippen molar-refractivity contribution in [2.24, 2.45) is 0 Å². The fourth-order valence-electron chi connectivity index (χ4n) is 2.39. The summed E-state index contributed by atoms with van der Waals surface area (Å²) < 4.78 is 28.6. The monoisotopic (exact) mass is 344 g/mol. The Kier molecular flexibility index (Phi) is 6.95. The van der Waals surface area contributed by atoms with E-state index in [1.807, 2.05) is 0 Å². The predicted octanol–water partition coefficient (Wildman–Crippen LogP) is 4.71. The number of rotatable bonds is 8. The minimum absolute atomic E-state index is 0.133. The number of aliphatic hydroxyl groups is 1. The standard InChI is InChI=1S/C20H22F2N2O/c1-3-7-18-23-12-16(13-24-18)17-11-10-15(19(21)20(17)22)9-6-4-5-8-14(2)25/h3,6,9-14,25H,1,4-5,7-8H2,2H3. The zero-order chi connectivity index (χ0) is 18.2. The molecule has 0 bridgehead atoms. The van der Waals surface area contributed by atoms with Gasteiger partial charge in [-0.15, -0.1) is 6.58 Å². The topological polar surface area (TPSA) is 46.0 Å². The summed E-state index contributed by atoms with van der Waals surface area (Å²) in [5.74, 6) is -1.22. The van der Waals surface area contributed by atoms with Crippen molar-refractivity contribution in [3.05, 3.63) is 66.3 Å². The Hall–Kier alpha value is -2.40. The lowest BCUT2D eigenvalue weighted by atomic mass is 10.0. The summed E-state index contributed by atoms with van der Waals surface area (Å²) in [6.45, 7) is 5.34. The molecule has 0 amide bonds. The van der Waals surface area contributed by atoms with Gasteiger partial charge in [-0.25, -0.2) is 18.7 Å². The second kappa shape index (κ2) is 9.18. The number of hydrogen-bond acceptors (Lipinski definition) is 3. The lowest BCUT2D eigenvalue weighted by molar-refractivity contribution is 0.182. The van der Waals surface area contributed by atoms with E-state index in [1.54, 1.807) is 25.2 Å². The van der Waals surface area contributed by atoms with Crippen molar-refractivity contribution in [3.8, 4) is 11.1 Å². The molecule has 3 nitrogen and oxygen atoms in total. The number of unbranched alkanes of at least 4 members (excludes halogenated alkanes) is 1. The minimum atomic E-state index is -0.911. The molecule has 25 heavy (non-hydrogen) atoms. The van der Waals surface area contributed by atoms with E-state index >= 15 is 0 Å². The summed E-state index contributed by atoms with van der Waals surface area (Å²) in [5.41, 5.74) is 0.757. The van der Waals surface area contributed by atoms with Gasteiger partial charge in [-0.3, -0.25) is 0 Å². The van der Waals surface area contributed by atoms with Gasteiger partial charge < -0.3 is 5.11 Å². The molecule has 0 aliphatic carbocycles. The van der Waals surface area contributed by atoms with Crippen molar-refractivity contribution in [2.75, 3.05) is 0 Å². The van der Waals surface area contributed by atoms with Crippen molar-refractivity contribution in [3.63, 3.8) is 0 Å². The van der Waals surface area contributed by atoms with Gasteiger partial charge in [0.2, 0.25) is 0 Å². The molecule has 1 atom stereocenters. The number of allylic oxidation sites excluding steroid dienone is 2. The summed E-state index contributed by atoms with van der Waals surface area (Å²) in [7, 11) is 0. The fraction of sp³-hybridized carbons (Fsp3) is 0.300. The molecule has 1 heterocycles. The first-order valence-corrected chi connectivity index (χ1v) is 8.27. The van der Waals surface area contributed by atoms with Crippen LogP contribution in [0, 0.1) is 11.6 Å². The van der Waals surface area contributed by atoms with E-state index in [-0.39, 0.29) is 17.2 Å². The molecule has 0 spiro atoms. The number of halogens is 2. The fourth-order valence-corrected chi connectivity index (χ4v) is 2.39. The highest BCUT2D eigenvalue weighted by molar-refractivity contribution is 5.65. The van der Waals surface area contributed by atoms with Crippen LogP contribution < -0.4 is 0 Å². The summed E-state index contributed by atoms with van der Waals surface area (Å²) in [5, 5.41) is 9.19. The molecule has 0 saturated carbocycles. The summed E-state index contributed by atoms with van der Waals surface area (Å²) >= 11 is 0. The number of aromatic nitrogens is 2. The second-order valence-corrected chi connectivity index (χ2v) is 5.89. The van der Waals surface area contributed by atoms with Gasteiger partial charge in [-0.05, 0) is 26.2 Å². The summed E-state index contributed by atoms with van der Waals surface area (Å²) in [6.07, 6.45) is 10.3. The lowest BCUT2D eigenvalue weighted by Gasteiger charge is -2.07. The number of nitrogens with zero attached hydrogens (tertiary/aromatic N) is 2. The SMILES string of the molecule is C=CCc1ncc(-c2ccc(C=CCCCC(C)O)c(F)c2F)cn1. The Balaban J connectivity index is 2.13. The van der Waals surface area contributed by atoms with Crippen LogP contribution in [-0.4, -0.2) is 21.2 Å². The van der Waals surface area contributed by atoms with Crippen LogP contribution in [0.4, 0.5) is 8.78 Å². The van der Waals surface area contributed by atoms with Gasteiger partial charge in [0.25, 0.3) is 0 Å². The van der Waals surface area contributed by atoms with Gasteiger partial charge >= 0.3 is 0 Å². The normalized spacial score (nSPS) is 12.5. The quantitative estimate of drug-likeness (QED) is 0.557. The van der Waals surface area contributed by atoms with E-state index in [2.05, 4.69) is 16.5 Å². The Morgan fingerprint density at radius 3 is 2.56 bits per heavy atom. The Bertz CT molecular complexity index is 740. The van der Waals surface area contributed by atoms with E-state index in [4.69, 9.17) is 0 Å². The molecule has 1 aromatic carbocycles. The van der Waals surface area contributed by atoms with Crippen LogP contribution in [0.2, 0.25) is 0 Å². The molecule has 0 saturated heterocycles. The smallest absolute Gasteiger partial charge is 0.167 e. The molecule has 1 unspecified atom stereocenters. The first kappa shape index (κ1) is 18.9. The van der Waals surface area contributed by atoms with E-state index < -0.39 is 11.6 Å². The van der Waals surface area contributed by atoms with Crippen molar-refractivity contribution >= 4 is 6.08 Å². The van der Waals surface area contributed by atoms with Crippen LogP contribution in [0.1, 0.15) is 37.6 Å². The molecular formula is C20H22F2N2O. The third kappa shape index (κ3) is 5.29. The maximum absolute atomic E-state index is 14.4. The van der Waals surface area contributed by atoms with Crippen LogP contribution in [0.25, 0.3) is 17.2 Å². The third-order valence-electron chi connectivity index (χ3n) is 3.75. The van der Waals surface area contributed by atoms with Crippen LogP contribution in [0.15, 0.2) is 43.3 Å². The highest BCUT2D eigenvalue weighted by Crippen LogP contribution is 2.26. The van der Waals surface area contributed by atoms with Crippen molar-refractivity contribution < 1.29 is 13.9 Å². The van der Waals surface area contributed by atoms with Crippen molar-refractivity contribution in [2.45, 2.75) is 38.7 Å². The minimum Gasteiger partial charge on any atom is -0.393 e. The molecule has 2 aromatic rings. The van der Waals surface area contributed by atoms with E-state index in [1.165, 1.54) is 24.5 Å². The zero-order valence-corrected chi connectivity index (χ0v) is 14.3. The van der Waals surface area contributed by atoms with Crippen LogP contribution in [0.3, 0.4) is 0 Å². The van der Waals surface area contributed by atoms with E-state index in [9.17, 15) is 13.9 Å². The summed E-state index contributed by atoms with van der Waals surface area (Å²) in [4.78, 5) is 8.23. The average Bonchev–Trinajstić information content (AvgIpc) is 2.59. The summed E-state index contributed by atoms with van der Waals surface area (Å²) in [6, 6.07) is 3.07. The van der Waals surface area contributed by atoms with E-state index in [0.29, 0.717) is 30.7 Å². The largest absolute Gasteiger partial charge is 0.393 e. The number of benzene rings is 1. The average molecular weight is 344 g/mol. The lowest BCUT2D eigenvalue weighted by Crippen LogP contribution is -1.98. The maximum atomic E-state index is 14.4. The molecular weight excluding hydrogens is 322 g/mol.